The largest absolute Gasteiger partial charge is 0.416 e. The van der Waals surface area contributed by atoms with Crippen LogP contribution in [0.4, 0.5) is 0 Å². The molecule has 272 valence electrons. The first-order valence-corrected chi connectivity index (χ1v) is 22.9. The Kier molecular flexibility index (Phi) is 10.9. The fraction of sp³-hybridized carbons (Fsp3) is 0. The molecule has 8 aromatic carbocycles. The van der Waals surface area contributed by atoms with Crippen molar-refractivity contribution in [3.63, 3.8) is 0 Å². The summed E-state index contributed by atoms with van der Waals surface area (Å²) in [4.78, 5) is 0. The SMILES string of the molecule is [C-]#[O+].c1ccc([Si](c2ccccc2)(c2ccccc2)c2ccc(-c3nnc(-c4ccc([Si](c5ccccc5)(c5ccccc5)c5ccccc5)cc4)o3)cc2)cc1. The fourth-order valence-electron chi connectivity index (χ4n) is 8.31. The van der Waals surface area contributed by atoms with E-state index in [1.54, 1.807) is 0 Å². The molecule has 0 amide bonds. The van der Waals surface area contributed by atoms with Crippen molar-refractivity contribution in [1.29, 1.82) is 0 Å². The second-order valence-electron chi connectivity index (χ2n) is 13.8. The molecule has 0 atom stereocenters. The first kappa shape index (κ1) is 37.0. The van der Waals surface area contributed by atoms with Crippen molar-refractivity contribution in [1.82, 2.24) is 10.2 Å². The van der Waals surface area contributed by atoms with E-state index in [0.29, 0.717) is 11.8 Å². The average Bonchev–Trinajstić information content (AvgIpc) is 3.81. The standard InChI is InChI=1S/C50H38N2OSi2.CO/c1-7-19-41(20-8-1)54(42-21-9-2-10-22-42,43-23-11-3-12-24-43)47-35-31-39(32-36-47)49-51-52-50(53-49)40-33-37-48(38-34-40)55(44-25-13-4-14-26-44,45-27-15-5-16-28-45)46-29-17-6-18-30-46;1-2/h1-38H;. The molecule has 6 heteroatoms. The topological polar surface area (TPSA) is 58.8 Å². The van der Waals surface area contributed by atoms with E-state index >= 15 is 0 Å². The second kappa shape index (κ2) is 16.8. The van der Waals surface area contributed by atoms with Gasteiger partial charge < -0.3 is 4.42 Å². The molecular weight excluding hydrogens is 729 g/mol. The minimum Gasteiger partial charge on any atom is -0.416 e. The third-order valence-corrected chi connectivity index (χ3v) is 20.4. The normalized spacial score (nSPS) is 11.3. The number of hydrogen-bond acceptors (Lipinski definition) is 3. The maximum Gasteiger partial charge on any atom is 0.248 e. The van der Waals surface area contributed by atoms with Crippen LogP contribution in [-0.2, 0) is 4.65 Å². The molecule has 4 nitrogen and oxygen atoms in total. The molecule has 0 spiro atoms. The smallest absolute Gasteiger partial charge is 0.248 e. The predicted molar refractivity (Wildman–Crippen MR) is 236 cm³/mol. The van der Waals surface area contributed by atoms with Crippen LogP contribution >= 0.6 is 0 Å². The maximum absolute atomic E-state index is 7.50. The van der Waals surface area contributed by atoms with Crippen molar-refractivity contribution in [3.8, 4) is 22.9 Å². The Bertz CT molecular complexity index is 2280. The second-order valence-corrected chi connectivity index (χ2v) is 21.4. The van der Waals surface area contributed by atoms with Gasteiger partial charge in [-0.05, 0) is 65.8 Å². The zero-order chi connectivity index (χ0) is 38.9. The summed E-state index contributed by atoms with van der Waals surface area (Å²) in [6.45, 7) is 4.50. The monoisotopic (exact) mass is 766 g/mol. The molecule has 0 saturated heterocycles. The molecule has 0 N–H and O–H groups in total. The molecule has 0 unspecified atom stereocenters. The van der Waals surface area contributed by atoms with E-state index in [0.717, 1.165) is 11.1 Å². The average molecular weight is 767 g/mol. The van der Waals surface area contributed by atoms with Crippen molar-refractivity contribution < 1.29 is 9.07 Å². The summed E-state index contributed by atoms with van der Waals surface area (Å²) in [5.74, 6) is 0.997. The van der Waals surface area contributed by atoms with Crippen LogP contribution in [0.3, 0.4) is 0 Å². The molecule has 0 aliphatic heterocycles. The molecule has 0 radical (unpaired) electrons. The minimum atomic E-state index is -2.63. The Hall–Kier alpha value is -6.93. The molecule has 0 bridgehead atoms. The Morgan fingerprint density at radius 1 is 0.281 bits per heavy atom. The molecule has 0 aliphatic carbocycles. The Morgan fingerprint density at radius 2 is 0.474 bits per heavy atom. The third kappa shape index (κ3) is 6.84. The zero-order valence-electron chi connectivity index (χ0n) is 31.2. The van der Waals surface area contributed by atoms with E-state index in [9.17, 15) is 0 Å². The van der Waals surface area contributed by atoms with Gasteiger partial charge in [0.25, 0.3) is 0 Å². The van der Waals surface area contributed by atoms with Gasteiger partial charge in [-0.15, -0.1) is 10.2 Å². The van der Waals surface area contributed by atoms with Gasteiger partial charge in [0, 0.05) is 11.1 Å². The van der Waals surface area contributed by atoms with Gasteiger partial charge in [-0.2, -0.15) is 0 Å². The van der Waals surface area contributed by atoms with Crippen molar-refractivity contribution in [2.75, 3.05) is 0 Å². The number of rotatable bonds is 10. The van der Waals surface area contributed by atoms with E-state index in [1.165, 1.54) is 41.5 Å². The van der Waals surface area contributed by atoms with Crippen LogP contribution in [0.1, 0.15) is 0 Å². The van der Waals surface area contributed by atoms with Gasteiger partial charge in [0.15, 0.2) is 16.1 Å². The van der Waals surface area contributed by atoms with Gasteiger partial charge in [-0.3, -0.25) is 0 Å². The molecule has 57 heavy (non-hydrogen) atoms. The van der Waals surface area contributed by atoms with E-state index in [2.05, 4.69) is 247 Å². The van der Waals surface area contributed by atoms with Gasteiger partial charge in [-0.1, -0.05) is 206 Å². The van der Waals surface area contributed by atoms with Crippen molar-refractivity contribution >= 4 is 57.6 Å². The van der Waals surface area contributed by atoms with Crippen LogP contribution in [0.5, 0.6) is 0 Å². The van der Waals surface area contributed by atoms with Crippen LogP contribution in [0, 0.1) is 6.65 Å². The third-order valence-electron chi connectivity index (χ3n) is 10.8. The predicted octanol–water partition coefficient (Wildman–Crippen LogP) is 6.12. The number of nitrogens with zero attached hydrogens (tertiary/aromatic N) is 2. The molecule has 0 fully saturated rings. The van der Waals surface area contributed by atoms with Gasteiger partial charge in [-0.25, -0.2) is 0 Å². The molecular formula is C51H38N2O2Si2. The molecule has 1 heterocycles. The van der Waals surface area contributed by atoms with Crippen LogP contribution in [0.25, 0.3) is 22.9 Å². The van der Waals surface area contributed by atoms with Gasteiger partial charge >= 0.3 is 11.3 Å². The molecule has 9 rings (SSSR count). The quantitative estimate of drug-likeness (QED) is 0.0730. The van der Waals surface area contributed by atoms with Crippen molar-refractivity contribution in [2.45, 2.75) is 0 Å². The van der Waals surface area contributed by atoms with E-state index in [1.807, 2.05) is 0 Å². The van der Waals surface area contributed by atoms with E-state index in [4.69, 9.17) is 9.07 Å². The number of aromatic nitrogens is 2. The van der Waals surface area contributed by atoms with Gasteiger partial charge in [0.05, 0.1) is 0 Å². The van der Waals surface area contributed by atoms with Crippen molar-refractivity contribution in [3.05, 3.63) is 237 Å². The summed E-state index contributed by atoms with van der Waals surface area (Å²) in [6, 6.07) is 83.3. The molecule has 0 saturated carbocycles. The zero-order valence-corrected chi connectivity index (χ0v) is 33.2. The Labute approximate surface area is 335 Å². The summed E-state index contributed by atoms with van der Waals surface area (Å²) in [5, 5.41) is 19.7. The van der Waals surface area contributed by atoms with Gasteiger partial charge in [0.2, 0.25) is 11.8 Å². The summed E-state index contributed by atoms with van der Waals surface area (Å²) >= 11 is 0. The van der Waals surface area contributed by atoms with E-state index < -0.39 is 16.1 Å². The summed E-state index contributed by atoms with van der Waals surface area (Å²) in [6.07, 6.45) is 0. The van der Waals surface area contributed by atoms with Crippen LogP contribution in [-0.4, -0.2) is 26.3 Å². The summed E-state index contributed by atoms with van der Waals surface area (Å²) in [7, 11) is -5.26. The minimum absolute atomic E-state index is 0.499. The fourth-order valence-corrected chi connectivity index (χ4v) is 17.8. The number of benzene rings is 8. The van der Waals surface area contributed by atoms with Gasteiger partial charge in [0.1, 0.15) is 0 Å². The number of hydrogen-bond donors (Lipinski definition) is 0. The first-order chi connectivity index (χ1) is 28.3. The van der Waals surface area contributed by atoms with Crippen molar-refractivity contribution in [2.24, 2.45) is 0 Å². The Morgan fingerprint density at radius 3 is 0.684 bits per heavy atom. The van der Waals surface area contributed by atoms with E-state index in [-0.39, 0.29) is 0 Å². The molecule has 0 aliphatic rings. The maximum atomic E-state index is 7.50. The summed E-state index contributed by atoms with van der Waals surface area (Å²) in [5.41, 5.74) is 1.78. The van der Waals surface area contributed by atoms with Crippen LogP contribution < -0.4 is 41.5 Å². The molecule has 1 aromatic heterocycles. The van der Waals surface area contributed by atoms with Crippen LogP contribution in [0.2, 0.25) is 0 Å². The summed E-state index contributed by atoms with van der Waals surface area (Å²) < 4.78 is 13.9. The Balaban J connectivity index is 0.00000224. The first-order valence-electron chi connectivity index (χ1n) is 18.9. The van der Waals surface area contributed by atoms with Crippen LogP contribution in [0.15, 0.2) is 235 Å². The molecule has 9 aromatic rings.